The van der Waals surface area contributed by atoms with E-state index in [-0.39, 0.29) is 6.03 Å². The minimum Gasteiger partial charge on any atom is -0.308 e. The van der Waals surface area contributed by atoms with Crippen molar-refractivity contribution >= 4 is 28.2 Å². The largest absolute Gasteiger partial charge is 0.325 e. The molecule has 0 aliphatic heterocycles. The van der Waals surface area contributed by atoms with Crippen LogP contribution in [-0.4, -0.2) is 11.0 Å². The quantitative estimate of drug-likeness (QED) is 0.671. The third-order valence-electron chi connectivity index (χ3n) is 4.40. The molecule has 126 valence electrons. The average molecular weight is 349 g/mol. The first kappa shape index (κ1) is 15.8. The third-order valence-corrected chi connectivity index (χ3v) is 5.16. The normalized spacial score (nSPS) is 13.1. The molecule has 25 heavy (non-hydrogen) atoms. The highest BCUT2D eigenvalue weighted by Crippen LogP contribution is 2.29. The summed E-state index contributed by atoms with van der Waals surface area (Å²) < 4.78 is 0. The monoisotopic (exact) mass is 349 g/mol. The van der Waals surface area contributed by atoms with Crippen molar-refractivity contribution in [1.29, 1.82) is 0 Å². The van der Waals surface area contributed by atoms with Crippen molar-refractivity contribution in [3.63, 3.8) is 0 Å². The van der Waals surface area contributed by atoms with Gasteiger partial charge in [0.25, 0.3) is 0 Å². The van der Waals surface area contributed by atoms with Gasteiger partial charge in [0.2, 0.25) is 0 Å². The Morgan fingerprint density at radius 1 is 0.960 bits per heavy atom. The number of thiazole rings is 1. The van der Waals surface area contributed by atoms with Crippen molar-refractivity contribution in [3.8, 4) is 11.3 Å². The predicted octanol–water partition coefficient (Wildman–Crippen LogP) is 5.33. The number of aromatic nitrogens is 1. The molecule has 0 saturated carbocycles. The summed E-state index contributed by atoms with van der Waals surface area (Å²) in [5, 5.41) is 8.18. The highest BCUT2D eigenvalue weighted by molar-refractivity contribution is 7.14. The molecule has 1 heterocycles. The fraction of sp³-hybridized carbons (Fsp3) is 0.200. The molecule has 2 amide bonds. The number of fused-ring (bicyclic) bond motifs is 1. The standard InChI is InChI=1S/C20H19N3OS/c24-19(21-17-8-2-1-3-9-17)23-20-22-18(13-25-20)16-11-10-14-6-4-5-7-15(14)12-16/h1-3,8-13H,4-7H2,(H2,21,22,23,24). The maximum absolute atomic E-state index is 12.1. The van der Waals surface area contributed by atoms with Crippen LogP contribution in [0.1, 0.15) is 24.0 Å². The summed E-state index contributed by atoms with van der Waals surface area (Å²) in [6.07, 6.45) is 4.88. The van der Waals surface area contributed by atoms with Gasteiger partial charge in [0.1, 0.15) is 0 Å². The number of aryl methyl sites for hydroxylation is 2. The van der Waals surface area contributed by atoms with Crippen molar-refractivity contribution < 1.29 is 4.79 Å². The van der Waals surface area contributed by atoms with E-state index < -0.39 is 0 Å². The number of nitrogens with zero attached hydrogens (tertiary/aromatic N) is 1. The first-order chi connectivity index (χ1) is 12.3. The summed E-state index contributed by atoms with van der Waals surface area (Å²) in [5.41, 5.74) is 5.69. The van der Waals surface area contributed by atoms with Crippen molar-refractivity contribution in [2.75, 3.05) is 10.6 Å². The lowest BCUT2D eigenvalue weighted by Gasteiger charge is -2.16. The van der Waals surface area contributed by atoms with E-state index in [2.05, 4.69) is 33.8 Å². The Labute approximate surface area is 150 Å². The van der Waals surface area contributed by atoms with E-state index in [1.807, 2.05) is 35.7 Å². The fourth-order valence-electron chi connectivity index (χ4n) is 3.14. The summed E-state index contributed by atoms with van der Waals surface area (Å²) in [6, 6.07) is 15.7. The molecule has 0 spiro atoms. The number of urea groups is 1. The predicted molar refractivity (Wildman–Crippen MR) is 103 cm³/mol. The number of carbonyl (C=O) groups excluding carboxylic acids is 1. The second kappa shape index (κ2) is 7.07. The number of benzene rings is 2. The molecule has 3 aromatic rings. The zero-order chi connectivity index (χ0) is 17.1. The van der Waals surface area contributed by atoms with E-state index in [1.165, 1.54) is 41.7 Å². The van der Waals surface area contributed by atoms with Crippen molar-refractivity contribution in [2.24, 2.45) is 0 Å². The number of hydrogen-bond donors (Lipinski definition) is 2. The lowest BCUT2D eigenvalue weighted by molar-refractivity contribution is 0.262. The molecule has 2 aromatic carbocycles. The smallest absolute Gasteiger partial charge is 0.308 e. The molecule has 1 aliphatic rings. The minimum atomic E-state index is -0.280. The summed E-state index contributed by atoms with van der Waals surface area (Å²) in [4.78, 5) is 16.6. The summed E-state index contributed by atoms with van der Waals surface area (Å²) in [6.45, 7) is 0. The number of hydrogen-bond acceptors (Lipinski definition) is 3. The number of rotatable bonds is 3. The first-order valence-electron chi connectivity index (χ1n) is 8.49. The molecule has 4 nitrogen and oxygen atoms in total. The summed E-state index contributed by atoms with van der Waals surface area (Å²) in [5.74, 6) is 0. The van der Waals surface area contributed by atoms with Crippen LogP contribution >= 0.6 is 11.3 Å². The highest BCUT2D eigenvalue weighted by atomic mass is 32.1. The van der Waals surface area contributed by atoms with E-state index in [0.717, 1.165) is 23.4 Å². The molecule has 0 bridgehead atoms. The lowest BCUT2D eigenvalue weighted by atomic mass is 9.90. The van der Waals surface area contributed by atoms with Gasteiger partial charge in [0, 0.05) is 16.6 Å². The second-order valence-corrected chi connectivity index (χ2v) is 7.03. The Hall–Kier alpha value is -2.66. The van der Waals surface area contributed by atoms with Crippen LogP contribution in [0.3, 0.4) is 0 Å². The lowest BCUT2D eigenvalue weighted by Crippen LogP contribution is -2.19. The maximum Gasteiger partial charge on any atom is 0.325 e. The van der Waals surface area contributed by atoms with Crippen LogP contribution in [0.15, 0.2) is 53.9 Å². The molecule has 0 saturated heterocycles. The Kier molecular flexibility index (Phi) is 4.48. The molecule has 2 N–H and O–H groups in total. The third kappa shape index (κ3) is 3.72. The van der Waals surface area contributed by atoms with Gasteiger partial charge in [-0.25, -0.2) is 9.78 Å². The zero-order valence-corrected chi connectivity index (χ0v) is 14.6. The van der Waals surface area contributed by atoms with Gasteiger partial charge in [0.15, 0.2) is 5.13 Å². The molecular weight excluding hydrogens is 330 g/mol. The van der Waals surface area contributed by atoms with Gasteiger partial charge in [0.05, 0.1) is 5.69 Å². The molecule has 0 atom stereocenters. The summed E-state index contributed by atoms with van der Waals surface area (Å²) >= 11 is 1.44. The Balaban J connectivity index is 1.46. The topological polar surface area (TPSA) is 54.0 Å². The van der Waals surface area contributed by atoms with Gasteiger partial charge >= 0.3 is 6.03 Å². The van der Waals surface area contributed by atoms with Crippen molar-refractivity contribution in [3.05, 3.63) is 65.0 Å². The van der Waals surface area contributed by atoms with E-state index in [1.54, 1.807) is 0 Å². The number of amides is 2. The van der Waals surface area contributed by atoms with Gasteiger partial charge in [-0.2, -0.15) is 0 Å². The van der Waals surface area contributed by atoms with Gasteiger partial charge in [-0.1, -0.05) is 30.3 Å². The molecule has 0 fully saturated rings. The molecule has 0 radical (unpaired) electrons. The van der Waals surface area contributed by atoms with Crippen LogP contribution in [-0.2, 0) is 12.8 Å². The van der Waals surface area contributed by atoms with Gasteiger partial charge in [-0.3, -0.25) is 5.32 Å². The van der Waals surface area contributed by atoms with Crippen LogP contribution in [0, 0.1) is 0 Å². The number of carbonyl (C=O) groups is 1. The SMILES string of the molecule is O=C(Nc1ccccc1)Nc1nc(-c2ccc3c(c2)CCCC3)cs1. The molecule has 4 rings (SSSR count). The number of para-hydroxylation sites is 1. The van der Waals surface area contributed by atoms with Crippen LogP contribution in [0.2, 0.25) is 0 Å². The first-order valence-corrected chi connectivity index (χ1v) is 9.37. The van der Waals surface area contributed by atoms with Crippen LogP contribution in [0.5, 0.6) is 0 Å². The van der Waals surface area contributed by atoms with Gasteiger partial charge in [-0.15, -0.1) is 11.3 Å². The van der Waals surface area contributed by atoms with Gasteiger partial charge < -0.3 is 5.32 Å². The maximum atomic E-state index is 12.1. The number of anilines is 2. The van der Waals surface area contributed by atoms with Crippen LogP contribution < -0.4 is 10.6 Å². The van der Waals surface area contributed by atoms with E-state index in [4.69, 9.17) is 0 Å². The zero-order valence-electron chi connectivity index (χ0n) is 13.8. The van der Waals surface area contributed by atoms with Crippen molar-refractivity contribution in [2.45, 2.75) is 25.7 Å². The number of nitrogens with one attached hydrogen (secondary N) is 2. The van der Waals surface area contributed by atoms with Crippen molar-refractivity contribution in [1.82, 2.24) is 4.98 Å². The molecule has 1 aliphatic carbocycles. The molecule has 1 aromatic heterocycles. The second-order valence-electron chi connectivity index (χ2n) is 6.17. The Morgan fingerprint density at radius 2 is 1.76 bits per heavy atom. The Morgan fingerprint density at radius 3 is 2.60 bits per heavy atom. The summed E-state index contributed by atoms with van der Waals surface area (Å²) in [7, 11) is 0. The fourth-order valence-corrected chi connectivity index (χ4v) is 3.85. The van der Waals surface area contributed by atoms with Gasteiger partial charge in [-0.05, 0) is 55.0 Å². The van der Waals surface area contributed by atoms with E-state index in [9.17, 15) is 4.79 Å². The van der Waals surface area contributed by atoms with Crippen LogP contribution in [0.4, 0.5) is 15.6 Å². The molecule has 5 heteroatoms. The minimum absolute atomic E-state index is 0.280. The van der Waals surface area contributed by atoms with Crippen LogP contribution in [0.25, 0.3) is 11.3 Å². The van der Waals surface area contributed by atoms with E-state index in [0.29, 0.717) is 5.13 Å². The van der Waals surface area contributed by atoms with E-state index >= 15 is 0 Å². The average Bonchev–Trinajstić information content (AvgIpc) is 3.10. The highest BCUT2D eigenvalue weighted by Gasteiger charge is 2.12. The Bertz CT molecular complexity index is 889. The molecule has 0 unspecified atom stereocenters. The molecular formula is C20H19N3OS.